The Morgan fingerprint density at radius 3 is 2.45 bits per heavy atom. The number of hydrogen-bond donors (Lipinski definition) is 3. The Labute approximate surface area is 178 Å². The van der Waals surface area contributed by atoms with Crippen LogP contribution in [0.5, 0.6) is 5.75 Å². The third-order valence-corrected chi connectivity index (χ3v) is 5.29. The second-order valence-electron chi connectivity index (χ2n) is 7.63. The monoisotopic (exact) mass is 428 g/mol. The van der Waals surface area contributed by atoms with Gasteiger partial charge in [-0.15, -0.1) is 0 Å². The molecule has 1 heterocycles. The number of carboxylic acid groups (broad SMARTS) is 1. The molecule has 0 aliphatic carbocycles. The van der Waals surface area contributed by atoms with Crippen LogP contribution in [0.4, 0.5) is 10.1 Å². The number of anilines is 1. The largest absolute Gasteiger partial charge is 0.495 e. The SMILES string of the molecule is COc1cc2c(cc1NCc1ccc(F)cc1)c(=O)c(C(=O)O)cn2C(CO)C(C)C. The molecule has 31 heavy (non-hydrogen) atoms. The summed E-state index contributed by atoms with van der Waals surface area (Å²) >= 11 is 0. The van der Waals surface area contributed by atoms with Crippen molar-refractivity contribution in [2.75, 3.05) is 19.0 Å². The molecule has 164 valence electrons. The zero-order valence-electron chi connectivity index (χ0n) is 17.6. The van der Waals surface area contributed by atoms with E-state index in [1.54, 1.807) is 28.8 Å². The summed E-state index contributed by atoms with van der Waals surface area (Å²) in [4.78, 5) is 24.6. The van der Waals surface area contributed by atoms with Crippen LogP contribution in [0.2, 0.25) is 0 Å². The maximum Gasteiger partial charge on any atom is 0.341 e. The molecule has 1 aromatic heterocycles. The maximum absolute atomic E-state index is 13.1. The van der Waals surface area contributed by atoms with E-state index < -0.39 is 17.4 Å². The van der Waals surface area contributed by atoms with Crippen LogP contribution >= 0.6 is 0 Å². The molecule has 1 unspecified atom stereocenters. The van der Waals surface area contributed by atoms with Gasteiger partial charge in [0, 0.05) is 24.2 Å². The Morgan fingerprint density at radius 2 is 1.90 bits per heavy atom. The van der Waals surface area contributed by atoms with Crippen LogP contribution in [0.1, 0.15) is 35.8 Å². The van der Waals surface area contributed by atoms with Crippen LogP contribution in [-0.4, -0.2) is 34.5 Å². The molecule has 7 nitrogen and oxygen atoms in total. The average molecular weight is 428 g/mol. The Morgan fingerprint density at radius 1 is 1.23 bits per heavy atom. The van der Waals surface area contributed by atoms with Crippen LogP contribution in [0.3, 0.4) is 0 Å². The van der Waals surface area contributed by atoms with E-state index in [9.17, 15) is 24.2 Å². The average Bonchev–Trinajstić information content (AvgIpc) is 2.74. The summed E-state index contributed by atoms with van der Waals surface area (Å²) in [7, 11) is 1.49. The summed E-state index contributed by atoms with van der Waals surface area (Å²) < 4.78 is 20.2. The van der Waals surface area contributed by atoms with Gasteiger partial charge in [-0.1, -0.05) is 26.0 Å². The topological polar surface area (TPSA) is 101 Å². The number of rotatable bonds is 8. The maximum atomic E-state index is 13.1. The quantitative estimate of drug-likeness (QED) is 0.506. The van der Waals surface area contributed by atoms with Crippen molar-refractivity contribution in [1.29, 1.82) is 0 Å². The van der Waals surface area contributed by atoms with Gasteiger partial charge >= 0.3 is 5.97 Å². The highest BCUT2D eigenvalue weighted by molar-refractivity contribution is 5.94. The first-order chi connectivity index (χ1) is 14.8. The highest BCUT2D eigenvalue weighted by atomic mass is 19.1. The molecule has 0 radical (unpaired) electrons. The first kappa shape index (κ1) is 22.3. The summed E-state index contributed by atoms with van der Waals surface area (Å²) in [6.45, 7) is 3.93. The molecule has 8 heteroatoms. The number of benzene rings is 2. The van der Waals surface area contributed by atoms with Gasteiger partial charge in [0.25, 0.3) is 0 Å². The van der Waals surface area contributed by atoms with E-state index in [4.69, 9.17) is 4.74 Å². The van der Waals surface area contributed by atoms with Gasteiger partial charge in [-0.25, -0.2) is 9.18 Å². The second-order valence-corrected chi connectivity index (χ2v) is 7.63. The zero-order valence-corrected chi connectivity index (χ0v) is 17.6. The van der Waals surface area contributed by atoms with Gasteiger partial charge in [0.15, 0.2) is 0 Å². The molecule has 3 aromatic rings. The van der Waals surface area contributed by atoms with E-state index in [0.717, 1.165) is 5.56 Å². The van der Waals surface area contributed by atoms with Crippen LogP contribution in [0.15, 0.2) is 47.4 Å². The van der Waals surface area contributed by atoms with Crippen molar-refractivity contribution in [2.45, 2.75) is 26.4 Å². The van der Waals surface area contributed by atoms with Gasteiger partial charge in [0.05, 0.1) is 31.0 Å². The normalized spacial score (nSPS) is 12.2. The van der Waals surface area contributed by atoms with Crippen molar-refractivity contribution < 1.29 is 24.1 Å². The van der Waals surface area contributed by atoms with Crippen molar-refractivity contribution in [3.8, 4) is 5.75 Å². The number of fused-ring (bicyclic) bond motifs is 1. The highest BCUT2D eigenvalue weighted by Crippen LogP contribution is 2.32. The molecular formula is C23H25FN2O5. The fourth-order valence-electron chi connectivity index (χ4n) is 3.53. The lowest BCUT2D eigenvalue weighted by molar-refractivity contribution is 0.0694. The predicted octanol–water partition coefficient (Wildman–Crippen LogP) is 3.65. The molecule has 0 fully saturated rings. The van der Waals surface area contributed by atoms with Crippen molar-refractivity contribution in [2.24, 2.45) is 5.92 Å². The lowest BCUT2D eigenvalue weighted by Gasteiger charge is -2.25. The van der Waals surface area contributed by atoms with Gasteiger partial charge < -0.3 is 24.8 Å². The molecule has 0 amide bonds. The minimum absolute atomic E-state index is 0.0142. The summed E-state index contributed by atoms with van der Waals surface area (Å²) in [6, 6.07) is 8.77. The lowest BCUT2D eigenvalue weighted by atomic mass is 10.0. The van der Waals surface area contributed by atoms with E-state index >= 15 is 0 Å². The van der Waals surface area contributed by atoms with Gasteiger partial charge in [-0.2, -0.15) is 0 Å². The summed E-state index contributed by atoms with van der Waals surface area (Å²) in [5, 5.41) is 22.8. The first-order valence-corrected chi connectivity index (χ1v) is 9.86. The van der Waals surface area contributed by atoms with Crippen LogP contribution in [0.25, 0.3) is 10.9 Å². The number of methoxy groups -OCH3 is 1. The van der Waals surface area contributed by atoms with Crippen molar-refractivity contribution in [1.82, 2.24) is 4.57 Å². The molecule has 0 saturated carbocycles. The fraction of sp³-hybridized carbons (Fsp3) is 0.304. The Bertz CT molecular complexity index is 1160. The minimum Gasteiger partial charge on any atom is -0.495 e. The standard InChI is InChI=1S/C23H25FN2O5/c1-13(2)20(12-27)26-11-17(23(29)30)22(28)16-8-18(21(31-3)9-19(16)26)25-10-14-4-6-15(24)7-5-14/h4-9,11,13,20,25,27H,10,12H2,1-3H3,(H,29,30). The first-order valence-electron chi connectivity index (χ1n) is 9.86. The predicted molar refractivity (Wildman–Crippen MR) is 116 cm³/mol. The van der Waals surface area contributed by atoms with E-state index in [0.29, 0.717) is 23.5 Å². The fourth-order valence-corrected chi connectivity index (χ4v) is 3.53. The molecule has 0 saturated heterocycles. The molecule has 0 aliphatic rings. The molecule has 3 rings (SSSR count). The number of carboxylic acids is 1. The van der Waals surface area contributed by atoms with Gasteiger partial charge in [0.1, 0.15) is 17.1 Å². The molecular weight excluding hydrogens is 403 g/mol. The van der Waals surface area contributed by atoms with Crippen LogP contribution < -0.4 is 15.5 Å². The molecule has 0 bridgehead atoms. The van der Waals surface area contributed by atoms with Crippen molar-refractivity contribution in [3.63, 3.8) is 0 Å². The van der Waals surface area contributed by atoms with Gasteiger partial charge in [-0.05, 0) is 29.7 Å². The number of aliphatic hydroxyl groups is 1. The summed E-state index contributed by atoms with van der Waals surface area (Å²) in [6.07, 6.45) is 1.28. The summed E-state index contributed by atoms with van der Waals surface area (Å²) in [5.41, 5.74) is 0.788. The Balaban J connectivity index is 2.17. The lowest BCUT2D eigenvalue weighted by Crippen LogP contribution is -2.25. The number of aliphatic hydroxyl groups excluding tert-OH is 1. The zero-order chi connectivity index (χ0) is 22.7. The summed E-state index contributed by atoms with van der Waals surface area (Å²) in [5.74, 6) is -1.24. The van der Waals surface area contributed by atoms with E-state index in [1.807, 2.05) is 13.8 Å². The highest BCUT2D eigenvalue weighted by Gasteiger charge is 2.22. The number of nitrogens with zero attached hydrogens (tertiary/aromatic N) is 1. The second kappa shape index (κ2) is 9.18. The number of aromatic nitrogens is 1. The van der Waals surface area contributed by atoms with Crippen LogP contribution in [-0.2, 0) is 6.54 Å². The van der Waals surface area contributed by atoms with E-state index in [-0.39, 0.29) is 29.3 Å². The molecule has 0 spiro atoms. The third-order valence-electron chi connectivity index (χ3n) is 5.29. The van der Waals surface area contributed by atoms with E-state index in [1.165, 1.54) is 25.4 Å². The van der Waals surface area contributed by atoms with Crippen molar-refractivity contribution in [3.05, 3.63) is 69.8 Å². The molecule has 3 N–H and O–H groups in total. The number of aromatic carboxylic acids is 1. The molecule has 0 aliphatic heterocycles. The smallest absolute Gasteiger partial charge is 0.341 e. The Hall–Kier alpha value is -3.39. The number of nitrogens with one attached hydrogen (secondary N) is 1. The van der Waals surface area contributed by atoms with E-state index in [2.05, 4.69) is 5.32 Å². The molecule has 1 atom stereocenters. The number of hydrogen-bond acceptors (Lipinski definition) is 5. The van der Waals surface area contributed by atoms with Crippen molar-refractivity contribution >= 4 is 22.6 Å². The third kappa shape index (κ3) is 4.54. The molecule has 2 aromatic carbocycles. The number of halogens is 1. The Kier molecular flexibility index (Phi) is 6.60. The van der Waals surface area contributed by atoms with Gasteiger partial charge in [0.2, 0.25) is 5.43 Å². The number of carbonyl (C=O) groups is 1. The van der Waals surface area contributed by atoms with Gasteiger partial charge in [-0.3, -0.25) is 4.79 Å². The van der Waals surface area contributed by atoms with Crippen LogP contribution in [0, 0.1) is 11.7 Å². The number of pyridine rings is 1. The minimum atomic E-state index is -1.34. The number of ether oxygens (including phenoxy) is 1.